The smallest absolute Gasteiger partial charge is 0.223 e. The minimum atomic E-state index is -1.03. The van der Waals surface area contributed by atoms with Crippen LogP contribution in [0.15, 0.2) is 54.6 Å². The second kappa shape index (κ2) is 9.14. The van der Waals surface area contributed by atoms with Crippen molar-refractivity contribution in [2.75, 3.05) is 6.61 Å². The van der Waals surface area contributed by atoms with E-state index < -0.39 is 36.9 Å². The number of carbonyl (C=O) groups excluding carboxylic acids is 1. The number of fused-ring (bicyclic) bond motifs is 1. The standard InChI is InChI=1S/C23H27NO6/c1-3-15-8-7-11-17(12-15)28-23-19(24-14(2)25)20(26)21-18(29-23)13-27-22(30-21)16-9-5-4-6-10-16/h4-12,18-23,26H,3,13H2,1-2H3,(H,24,25)/t18-,19+,20+,21+,22+,23-/m1/s1. The number of aliphatic hydroxyl groups excluding tert-OH is 1. The van der Waals surface area contributed by atoms with Crippen LogP contribution in [-0.4, -0.2) is 48.3 Å². The van der Waals surface area contributed by atoms with Crippen LogP contribution in [0.3, 0.4) is 0 Å². The number of ether oxygens (including phenoxy) is 4. The van der Waals surface area contributed by atoms with Crippen LogP contribution in [0.2, 0.25) is 0 Å². The van der Waals surface area contributed by atoms with Crippen LogP contribution in [0.25, 0.3) is 0 Å². The van der Waals surface area contributed by atoms with Gasteiger partial charge in [-0.1, -0.05) is 49.4 Å². The van der Waals surface area contributed by atoms with Crippen LogP contribution >= 0.6 is 0 Å². The number of aryl methyl sites for hydroxylation is 1. The first-order valence-corrected chi connectivity index (χ1v) is 10.2. The summed E-state index contributed by atoms with van der Waals surface area (Å²) in [7, 11) is 0. The van der Waals surface area contributed by atoms with E-state index in [9.17, 15) is 9.90 Å². The maximum Gasteiger partial charge on any atom is 0.223 e. The summed E-state index contributed by atoms with van der Waals surface area (Å²) in [6, 6.07) is 16.4. The fourth-order valence-electron chi connectivity index (χ4n) is 3.83. The van der Waals surface area contributed by atoms with E-state index in [1.165, 1.54) is 6.92 Å². The van der Waals surface area contributed by atoms with Crippen molar-refractivity contribution in [2.24, 2.45) is 0 Å². The summed E-state index contributed by atoms with van der Waals surface area (Å²) in [5.74, 6) is 0.323. The van der Waals surface area contributed by atoms with Gasteiger partial charge in [-0.2, -0.15) is 0 Å². The molecular formula is C23H27NO6. The molecule has 2 aliphatic rings. The Morgan fingerprint density at radius 2 is 1.97 bits per heavy atom. The molecule has 30 heavy (non-hydrogen) atoms. The molecule has 0 aromatic heterocycles. The van der Waals surface area contributed by atoms with E-state index >= 15 is 0 Å². The number of amides is 1. The summed E-state index contributed by atoms with van der Waals surface area (Å²) in [4.78, 5) is 11.8. The van der Waals surface area contributed by atoms with Gasteiger partial charge in [0.1, 0.15) is 30.1 Å². The topological polar surface area (TPSA) is 86.2 Å². The lowest BCUT2D eigenvalue weighted by Gasteiger charge is -2.47. The minimum Gasteiger partial charge on any atom is -0.463 e. The van der Waals surface area contributed by atoms with Gasteiger partial charge in [0.25, 0.3) is 0 Å². The van der Waals surface area contributed by atoms with Crippen molar-refractivity contribution in [3.63, 3.8) is 0 Å². The lowest BCUT2D eigenvalue weighted by Crippen LogP contribution is -2.67. The first-order valence-electron chi connectivity index (χ1n) is 10.2. The Morgan fingerprint density at radius 3 is 2.70 bits per heavy atom. The van der Waals surface area contributed by atoms with Crippen LogP contribution in [0, 0.1) is 0 Å². The van der Waals surface area contributed by atoms with E-state index in [1.54, 1.807) is 0 Å². The van der Waals surface area contributed by atoms with Gasteiger partial charge in [-0.15, -0.1) is 0 Å². The highest BCUT2D eigenvalue weighted by atomic mass is 16.7. The Morgan fingerprint density at radius 1 is 1.17 bits per heavy atom. The van der Waals surface area contributed by atoms with E-state index in [2.05, 4.69) is 12.2 Å². The monoisotopic (exact) mass is 413 g/mol. The summed E-state index contributed by atoms with van der Waals surface area (Å²) >= 11 is 0. The van der Waals surface area contributed by atoms with E-state index in [-0.39, 0.29) is 12.5 Å². The maximum atomic E-state index is 11.8. The fourth-order valence-corrected chi connectivity index (χ4v) is 3.83. The molecular weight excluding hydrogens is 386 g/mol. The van der Waals surface area contributed by atoms with Gasteiger partial charge in [0.2, 0.25) is 12.2 Å². The molecule has 2 aromatic carbocycles. The molecule has 6 atom stereocenters. The summed E-state index contributed by atoms with van der Waals surface area (Å²) in [6.45, 7) is 3.69. The SMILES string of the molecule is CCc1cccc(O[C@@H]2O[C@@H]3CO[C@H](c4ccccc4)O[C@@H]3[C@@H](O)[C@@H]2NC(C)=O)c1. The lowest BCUT2D eigenvalue weighted by atomic mass is 9.95. The highest BCUT2D eigenvalue weighted by Crippen LogP contribution is 2.34. The van der Waals surface area contributed by atoms with Crippen LogP contribution in [-0.2, 0) is 25.4 Å². The predicted molar refractivity (Wildman–Crippen MR) is 109 cm³/mol. The molecule has 2 saturated heterocycles. The fraction of sp³-hybridized carbons (Fsp3) is 0.435. The summed E-state index contributed by atoms with van der Waals surface area (Å²) in [5.41, 5.74) is 1.97. The second-order valence-corrected chi connectivity index (χ2v) is 7.56. The second-order valence-electron chi connectivity index (χ2n) is 7.56. The zero-order valence-corrected chi connectivity index (χ0v) is 17.1. The molecule has 2 fully saturated rings. The van der Waals surface area contributed by atoms with Gasteiger partial charge in [-0.05, 0) is 24.1 Å². The highest BCUT2D eigenvalue weighted by molar-refractivity contribution is 5.73. The summed E-state index contributed by atoms with van der Waals surface area (Å²) < 4.78 is 24.0. The quantitative estimate of drug-likeness (QED) is 0.783. The third-order valence-corrected chi connectivity index (χ3v) is 5.37. The van der Waals surface area contributed by atoms with Crippen molar-refractivity contribution in [3.8, 4) is 5.75 Å². The van der Waals surface area contributed by atoms with Gasteiger partial charge in [0, 0.05) is 12.5 Å². The molecule has 0 spiro atoms. The van der Waals surface area contributed by atoms with Crippen LogP contribution in [0.1, 0.15) is 31.3 Å². The largest absolute Gasteiger partial charge is 0.463 e. The molecule has 160 valence electrons. The molecule has 1 amide bonds. The molecule has 2 aliphatic heterocycles. The van der Waals surface area contributed by atoms with Crippen LogP contribution in [0.5, 0.6) is 5.75 Å². The van der Waals surface area contributed by atoms with E-state index in [1.807, 2.05) is 54.6 Å². The Bertz CT molecular complexity index is 860. The first-order chi connectivity index (χ1) is 14.5. The number of nitrogens with one attached hydrogen (secondary N) is 1. The van der Waals surface area contributed by atoms with Gasteiger partial charge in [-0.25, -0.2) is 0 Å². The predicted octanol–water partition coefficient (Wildman–Crippen LogP) is 2.33. The zero-order chi connectivity index (χ0) is 21.1. The molecule has 0 saturated carbocycles. The Kier molecular flexibility index (Phi) is 6.34. The van der Waals surface area contributed by atoms with E-state index in [0.29, 0.717) is 5.75 Å². The molecule has 4 rings (SSSR count). The molecule has 2 aromatic rings. The van der Waals surface area contributed by atoms with Gasteiger partial charge >= 0.3 is 0 Å². The van der Waals surface area contributed by atoms with Gasteiger partial charge in [0.15, 0.2) is 6.29 Å². The number of benzene rings is 2. The van der Waals surface area contributed by atoms with Crippen molar-refractivity contribution >= 4 is 5.91 Å². The Hall–Kier alpha value is -2.45. The van der Waals surface area contributed by atoms with Crippen molar-refractivity contribution in [1.82, 2.24) is 5.32 Å². The van der Waals surface area contributed by atoms with Gasteiger partial charge < -0.3 is 29.4 Å². The van der Waals surface area contributed by atoms with E-state index in [0.717, 1.165) is 17.5 Å². The van der Waals surface area contributed by atoms with Gasteiger partial charge in [-0.3, -0.25) is 4.79 Å². The number of aliphatic hydroxyl groups is 1. The number of hydrogen-bond donors (Lipinski definition) is 2. The molecule has 0 aliphatic carbocycles. The average Bonchev–Trinajstić information content (AvgIpc) is 2.77. The average molecular weight is 413 g/mol. The number of carbonyl (C=O) groups is 1. The molecule has 2 N–H and O–H groups in total. The molecule has 0 bridgehead atoms. The minimum absolute atomic E-state index is 0.239. The zero-order valence-electron chi connectivity index (χ0n) is 17.1. The maximum absolute atomic E-state index is 11.8. The van der Waals surface area contributed by atoms with Crippen molar-refractivity contribution in [1.29, 1.82) is 0 Å². The molecule has 0 unspecified atom stereocenters. The lowest BCUT2D eigenvalue weighted by molar-refractivity contribution is -0.333. The molecule has 7 heteroatoms. The van der Waals surface area contributed by atoms with Gasteiger partial charge in [0.05, 0.1) is 6.61 Å². The van der Waals surface area contributed by atoms with Crippen LogP contribution in [0.4, 0.5) is 0 Å². The molecule has 2 heterocycles. The third-order valence-electron chi connectivity index (χ3n) is 5.37. The Balaban J connectivity index is 1.53. The number of rotatable bonds is 5. The number of hydrogen-bond acceptors (Lipinski definition) is 6. The third kappa shape index (κ3) is 4.49. The summed E-state index contributed by atoms with van der Waals surface area (Å²) in [5, 5.41) is 13.8. The normalized spacial score (nSPS) is 30.9. The Labute approximate surface area is 175 Å². The van der Waals surface area contributed by atoms with Crippen molar-refractivity contribution in [2.45, 2.75) is 57.2 Å². The first kappa shape index (κ1) is 20.8. The summed E-state index contributed by atoms with van der Waals surface area (Å²) in [6.07, 6.45) is -2.83. The highest BCUT2D eigenvalue weighted by Gasteiger charge is 2.50. The van der Waals surface area contributed by atoms with Crippen molar-refractivity contribution < 1.29 is 28.8 Å². The van der Waals surface area contributed by atoms with Crippen LogP contribution < -0.4 is 10.1 Å². The van der Waals surface area contributed by atoms with E-state index in [4.69, 9.17) is 18.9 Å². The molecule has 7 nitrogen and oxygen atoms in total. The van der Waals surface area contributed by atoms with Crippen molar-refractivity contribution in [3.05, 3.63) is 65.7 Å². The molecule has 0 radical (unpaired) electrons.